The SMILES string of the molecule is C/C=C(/C)C(=O)Nc1nonc1C. The Labute approximate surface area is 75.8 Å². The number of allylic oxidation sites excluding steroid dienone is 1. The van der Waals surface area contributed by atoms with E-state index in [0.29, 0.717) is 17.1 Å². The number of aromatic nitrogens is 2. The topological polar surface area (TPSA) is 68.0 Å². The summed E-state index contributed by atoms with van der Waals surface area (Å²) in [6.07, 6.45) is 1.72. The van der Waals surface area contributed by atoms with Gasteiger partial charge in [-0.25, -0.2) is 4.63 Å². The largest absolute Gasteiger partial charge is 0.302 e. The lowest BCUT2D eigenvalue weighted by Crippen LogP contribution is -2.13. The molecule has 0 spiro atoms. The van der Waals surface area contributed by atoms with Crippen LogP contribution in [0.15, 0.2) is 16.3 Å². The smallest absolute Gasteiger partial charge is 0.252 e. The van der Waals surface area contributed by atoms with Crippen molar-refractivity contribution in [2.24, 2.45) is 0 Å². The summed E-state index contributed by atoms with van der Waals surface area (Å²) in [7, 11) is 0. The third kappa shape index (κ3) is 2.14. The Morgan fingerprint density at radius 3 is 2.69 bits per heavy atom. The summed E-state index contributed by atoms with van der Waals surface area (Å²) in [5.41, 5.74) is 1.19. The molecule has 1 heterocycles. The second-order valence-corrected chi connectivity index (χ2v) is 2.62. The average Bonchev–Trinajstić information content (AvgIpc) is 2.50. The molecule has 0 aliphatic carbocycles. The first-order valence-corrected chi connectivity index (χ1v) is 3.88. The Hall–Kier alpha value is -1.65. The number of carbonyl (C=O) groups is 1. The van der Waals surface area contributed by atoms with Crippen LogP contribution in [0, 0.1) is 6.92 Å². The Morgan fingerprint density at radius 1 is 1.54 bits per heavy atom. The van der Waals surface area contributed by atoms with E-state index >= 15 is 0 Å². The summed E-state index contributed by atoms with van der Waals surface area (Å²) in [4.78, 5) is 11.3. The highest BCUT2D eigenvalue weighted by atomic mass is 16.6. The van der Waals surface area contributed by atoms with Gasteiger partial charge < -0.3 is 5.32 Å². The number of carbonyl (C=O) groups excluding carboxylic acids is 1. The van der Waals surface area contributed by atoms with Crippen LogP contribution in [0.2, 0.25) is 0 Å². The van der Waals surface area contributed by atoms with Crippen LogP contribution < -0.4 is 5.32 Å². The summed E-state index contributed by atoms with van der Waals surface area (Å²) < 4.78 is 4.43. The van der Waals surface area contributed by atoms with E-state index in [4.69, 9.17) is 0 Å². The predicted molar refractivity (Wildman–Crippen MR) is 47.1 cm³/mol. The van der Waals surface area contributed by atoms with Crippen molar-refractivity contribution < 1.29 is 9.42 Å². The first kappa shape index (κ1) is 9.44. The average molecular weight is 181 g/mol. The molecule has 1 rings (SSSR count). The summed E-state index contributed by atoms with van der Waals surface area (Å²) >= 11 is 0. The Kier molecular flexibility index (Phi) is 2.79. The number of anilines is 1. The van der Waals surface area contributed by atoms with Gasteiger partial charge in [0.2, 0.25) is 5.82 Å². The Balaban J connectivity index is 2.71. The highest BCUT2D eigenvalue weighted by molar-refractivity contribution is 6.02. The predicted octanol–water partition coefficient (Wildman–Crippen LogP) is 1.28. The number of nitrogens with zero attached hydrogens (tertiary/aromatic N) is 2. The van der Waals surface area contributed by atoms with E-state index in [1.54, 1.807) is 26.8 Å². The van der Waals surface area contributed by atoms with Gasteiger partial charge in [-0.1, -0.05) is 11.2 Å². The minimum absolute atomic E-state index is 0.193. The van der Waals surface area contributed by atoms with Crippen LogP contribution in [-0.2, 0) is 4.79 Å². The quantitative estimate of drug-likeness (QED) is 0.698. The number of aryl methyl sites for hydroxylation is 1. The molecule has 0 aliphatic rings. The summed E-state index contributed by atoms with van der Waals surface area (Å²) in [5, 5.41) is 9.63. The molecule has 70 valence electrons. The highest BCUT2D eigenvalue weighted by Crippen LogP contribution is 2.08. The molecule has 5 nitrogen and oxygen atoms in total. The van der Waals surface area contributed by atoms with Crippen LogP contribution in [0.3, 0.4) is 0 Å². The molecule has 13 heavy (non-hydrogen) atoms. The molecule has 0 unspecified atom stereocenters. The Bertz CT molecular complexity index is 341. The number of hydrogen-bond donors (Lipinski definition) is 1. The van der Waals surface area contributed by atoms with Crippen LogP contribution in [0.25, 0.3) is 0 Å². The van der Waals surface area contributed by atoms with Crippen LogP contribution in [-0.4, -0.2) is 16.2 Å². The molecule has 5 heteroatoms. The first-order chi connectivity index (χ1) is 6.15. The van der Waals surface area contributed by atoms with Gasteiger partial charge in [0.25, 0.3) is 5.91 Å². The van der Waals surface area contributed by atoms with Gasteiger partial charge in [-0.05, 0) is 25.9 Å². The van der Waals surface area contributed by atoms with Crippen molar-refractivity contribution >= 4 is 11.7 Å². The lowest BCUT2D eigenvalue weighted by atomic mass is 10.3. The summed E-state index contributed by atoms with van der Waals surface area (Å²) in [5.74, 6) is 0.174. The first-order valence-electron chi connectivity index (χ1n) is 3.88. The van der Waals surface area contributed by atoms with Crippen molar-refractivity contribution in [2.75, 3.05) is 5.32 Å². The maximum absolute atomic E-state index is 11.3. The molecule has 0 aliphatic heterocycles. The zero-order valence-electron chi connectivity index (χ0n) is 7.79. The third-order valence-electron chi connectivity index (χ3n) is 1.68. The maximum atomic E-state index is 11.3. The van der Waals surface area contributed by atoms with E-state index in [0.717, 1.165) is 0 Å². The zero-order chi connectivity index (χ0) is 9.84. The van der Waals surface area contributed by atoms with Gasteiger partial charge in [-0.2, -0.15) is 0 Å². The minimum atomic E-state index is -0.193. The molecule has 0 aromatic carbocycles. The van der Waals surface area contributed by atoms with Crippen molar-refractivity contribution in [1.29, 1.82) is 0 Å². The van der Waals surface area contributed by atoms with Gasteiger partial charge in [0.1, 0.15) is 5.69 Å². The van der Waals surface area contributed by atoms with Gasteiger partial charge in [-0.3, -0.25) is 4.79 Å². The zero-order valence-corrected chi connectivity index (χ0v) is 7.79. The highest BCUT2D eigenvalue weighted by Gasteiger charge is 2.09. The summed E-state index contributed by atoms with van der Waals surface area (Å²) in [6.45, 7) is 5.22. The minimum Gasteiger partial charge on any atom is -0.302 e. The number of rotatable bonds is 2. The normalized spacial score (nSPS) is 11.5. The molecule has 1 N–H and O–H groups in total. The fourth-order valence-electron chi connectivity index (χ4n) is 0.682. The van der Waals surface area contributed by atoms with Crippen LogP contribution in [0.4, 0.5) is 5.82 Å². The lowest BCUT2D eigenvalue weighted by molar-refractivity contribution is -0.112. The second-order valence-electron chi connectivity index (χ2n) is 2.62. The molecule has 0 atom stereocenters. The lowest BCUT2D eigenvalue weighted by Gasteiger charge is -1.99. The van der Waals surface area contributed by atoms with Crippen molar-refractivity contribution in [3.8, 4) is 0 Å². The van der Waals surface area contributed by atoms with E-state index in [9.17, 15) is 4.79 Å². The number of hydrogen-bond acceptors (Lipinski definition) is 4. The van der Waals surface area contributed by atoms with Crippen LogP contribution in [0.1, 0.15) is 19.5 Å². The van der Waals surface area contributed by atoms with E-state index < -0.39 is 0 Å². The molecule has 0 saturated carbocycles. The van der Waals surface area contributed by atoms with Crippen LogP contribution >= 0.6 is 0 Å². The third-order valence-corrected chi connectivity index (χ3v) is 1.68. The van der Waals surface area contributed by atoms with Gasteiger partial charge in [0.05, 0.1) is 0 Å². The standard InChI is InChI=1S/C8H11N3O2/c1-4-5(2)8(12)9-7-6(3)10-13-11-7/h4H,1-3H3,(H,9,11,12)/b5-4-. The maximum Gasteiger partial charge on any atom is 0.252 e. The van der Waals surface area contributed by atoms with E-state index in [1.807, 2.05) is 0 Å². The second kappa shape index (κ2) is 3.84. The van der Waals surface area contributed by atoms with E-state index in [-0.39, 0.29) is 5.91 Å². The van der Waals surface area contributed by atoms with Crippen LogP contribution in [0.5, 0.6) is 0 Å². The Morgan fingerprint density at radius 2 is 2.23 bits per heavy atom. The number of amides is 1. The fourth-order valence-corrected chi connectivity index (χ4v) is 0.682. The molecule has 1 amide bonds. The number of nitrogens with one attached hydrogen (secondary N) is 1. The van der Waals surface area contributed by atoms with E-state index in [1.165, 1.54) is 0 Å². The van der Waals surface area contributed by atoms with Crippen molar-refractivity contribution in [2.45, 2.75) is 20.8 Å². The molecule has 1 aromatic rings. The van der Waals surface area contributed by atoms with Crippen molar-refractivity contribution in [1.82, 2.24) is 10.3 Å². The molecule has 0 fully saturated rings. The van der Waals surface area contributed by atoms with Gasteiger partial charge in [0, 0.05) is 5.57 Å². The summed E-state index contributed by atoms with van der Waals surface area (Å²) in [6, 6.07) is 0. The molecule has 0 saturated heterocycles. The molecule has 1 aromatic heterocycles. The van der Waals surface area contributed by atoms with Gasteiger partial charge >= 0.3 is 0 Å². The van der Waals surface area contributed by atoms with Gasteiger partial charge in [-0.15, -0.1) is 0 Å². The van der Waals surface area contributed by atoms with Crippen molar-refractivity contribution in [3.05, 3.63) is 17.3 Å². The fraction of sp³-hybridized carbons (Fsp3) is 0.375. The molecular weight excluding hydrogens is 170 g/mol. The van der Waals surface area contributed by atoms with E-state index in [2.05, 4.69) is 20.3 Å². The molecule has 0 radical (unpaired) electrons. The monoisotopic (exact) mass is 181 g/mol. The van der Waals surface area contributed by atoms with Crippen molar-refractivity contribution in [3.63, 3.8) is 0 Å². The molecular formula is C8H11N3O2. The molecule has 0 bridgehead atoms. The van der Waals surface area contributed by atoms with Gasteiger partial charge in [0.15, 0.2) is 0 Å².